The first-order valence-corrected chi connectivity index (χ1v) is 8.79. The Morgan fingerprint density at radius 1 is 1.29 bits per heavy atom. The summed E-state index contributed by atoms with van der Waals surface area (Å²) >= 11 is 1.34. The number of aromatic nitrogens is 3. The Morgan fingerprint density at radius 3 is 2.83 bits per heavy atom. The predicted octanol–water partition coefficient (Wildman–Crippen LogP) is 2.46. The molecule has 7 nitrogen and oxygen atoms in total. The number of hydrogen-bond donors (Lipinski definition) is 1. The van der Waals surface area contributed by atoms with E-state index in [0.717, 1.165) is 19.3 Å². The van der Waals surface area contributed by atoms with Gasteiger partial charge < -0.3 is 10.0 Å². The van der Waals surface area contributed by atoms with E-state index in [1.807, 2.05) is 0 Å². The maximum absolute atomic E-state index is 12.8. The molecule has 8 heteroatoms. The topological polar surface area (TPSA) is 96.3 Å². The number of aliphatic carboxylic acids is 1. The summed E-state index contributed by atoms with van der Waals surface area (Å²) in [6.07, 6.45) is 6.64. The second-order valence-electron chi connectivity index (χ2n) is 5.69. The van der Waals surface area contributed by atoms with Gasteiger partial charge >= 0.3 is 5.97 Å². The third-order valence-electron chi connectivity index (χ3n) is 4.06. The quantitative estimate of drug-likeness (QED) is 0.893. The summed E-state index contributed by atoms with van der Waals surface area (Å²) in [5.74, 6) is -0.462. The molecule has 1 atom stereocenters. The number of amides is 1. The molecule has 1 aliphatic heterocycles. The third kappa shape index (κ3) is 3.76. The van der Waals surface area contributed by atoms with Crippen LogP contribution in [0.25, 0.3) is 10.8 Å². The lowest BCUT2D eigenvalue weighted by Crippen LogP contribution is -2.44. The number of carboxylic acid groups (broad SMARTS) is 1. The number of carbonyl (C=O) groups excluding carboxylic acids is 1. The summed E-state index contributed by atoms with van der Waals surface area (Å²) in [7, 11) is 0. The Kier molecular flexibility index (Phi) is 5.14. The van der Waals surface area contributed by atoms with Crippen LogP contribution in [0.1, 0.15) is 42.6 Å². The van der Waals surface area contributed by atoms with Gasteiger partial charge in [0.2, 0.25) is 0 Å². The Bertz CT molecular complexity index is 719. The van der Waals surface area contributed by atoms with Crippen molar-refractivity contribution in [3.8, 4) is 10.8 Å². The third-order valence-corrected chi connectivity index (χ3v) is 4.90. The number of hydrogen-bond acceptors (Lipinski definition) is 6. The second kappa shape index (κ2) is 7.48. The van der Waals surface area contributed by atoms with Gasteiger partial charge in [0.05, 0.1) is 0 Å². The van der Waals surface area contributed by atoms with Crippen LogP contribution in [0, 0.1) is 0 Å². The minimum absolute atomic E-state index is 0.0273. The molecule has 1 saturated heterocycles. The average molecular weight is 346 g/mol. The molecule has 24 heavy (non-hydrogen) atoms. The number of piperidine rings is 1. The number of rotatable bonds is 5. The maximum atomic E-state index is 12.8. The van der Waals surface area contributed by atoms with Gasteiger partial charge in [0.1, 0.15) is 5.69 Å². The molecule has 0 radical (unpaired) electrons. The average Bonchev–Trinajstić information content (AvgIpc) is 3.10. The van der Waals surface area contributed by atoms with Crippen LogP contribution in [0.2, 0.25) is 0 Å². The van der Waals surface area contributed by atoms with Crippen LogP contribution >= 0.6 is 11.3 Å². The lowest BCUT2D eigenvalue weighted by molar-refractivity contribution is -0.137. The summed E-state index contributed by atoms with van der Waals surface area (Å²) in [6, 6.07) is 1.70. The summed E-state index contributed by atoms with van der Waals surface area (Å²) in [5.41, 5.74) is 0.379. The maximum Gasteiger partial charge on any atom is 0.303 e. The molecule has 0 saturated carbocycles. The smallest absolute Gasteiger partial charge is 0.303 e. The zero-order valence-corrected chi connectivity index (χ0v) is 13.9. The first-order chi connectivity index (χ1) is 11.6. The van der Waals surface area contributed by atoms with E-state index in [-0.39, 0.29) is 18.4 Å². The first kappa shape index (κ1) is 16.5. The van der Waals surface area contributed by atoms with Crippen molar-refractivity contribution in [2.24, 2.45) is 0 Å². The van der Waals surface area contributed by atoms with Crippen molar-refractivity contribution < 1.29 is 14.7 Å². The Balaban J connectivity index is 1.74. The van der Waals surface area contributed by atoms with Gasteiger partial charge in [-0.3, -0.25) is 9.59 Å². The van der Waals surface area contributed by atoms with Gasteiger partial charge in [-0.25, -0.2) is 15.0 Å². The van der Waals surface area contributed by atoms with Crippen molar-refractivity contribution in [3.63, 3.8) is 0 Å². The Labute approximate surface area is 143 Å². The molecule has 0 aliphatic carbocycles. The van der Waals surface area contributed by atoms with E-state index >= 15 is 0 Å². The first-order valence-electron chi connectivity index (χ1n) is 7.91. The molecule has 2 aromatic rings. The van der Waals surface area contributed by atoms with Crippen molar-refractivity contribution in [2.45, 2.75) is 38.1 Å². The summed E-state index contributed by atoms with van der Waals surface area (Å²) < 4.78 is 0. The van der Waals surface area contributed by atoms with Gasteiger partial charge in [-0.15, -0.1) is 11.3 Å². The minimum atomic E-state index is -0.829. The lowest BCUT2D eigenvalue weighted by Gasteiger charge is -2.35. The van der Waals surface area contributed by atoms with Gasteiger partial charge in [-0.2, -0.15) is 0 Å². The fraction of sp³-hybridized carbons (Fsp3) is 0.438. The van der Waals surface area contributed by atoms with E-state index in [2.05, 4.69) is 15.0 Å². The molecule has 1 fully saturated rings. The largest absolute Gasteiger partial charge is 0.481 e. The van der Waals surface area contributed by atoms with Crippen LogP contribution in [-0.2, 0) is 4.79 Å². The van der Waals surface area contributed by atoms with Crippen LogP contribution in [0.4, 0.5) is 0 Å². The van der Waals surface area contributed by atoms with E-state index in [9.17, 15) is 9.59 Å². The highest BCUT2D eigenvalue weighted by Gasteiger charge is 2.29. The van der Waals surface area contributed by atoms with E-state index in [0.29, 0.717) is 29.5 Å². The normalized spacial score (nSPS) is 17.7. The highest BCUT2D eigenvalue weighted by molar-refractivity contribution is 7.13. The van der Waals surface area contributed by atoms with Crippen molar-refractivity contribution in [1.82, 2.24) is 19.9 Å². The van der Waals surface area contributed by atoms with Gasteiger partial charge in [0.25, 0.3) is 5.91 Å². The number of likely N-dealkylation sites (tertiary alicyclic amines) is 1. The van der Waals surface area contributed by atoms with Gasteiger partial charge in [-0.1, -0.05) is 0 Å². The zero-order valence-electron chi connectivity index (χ0n) is 13.1. The Morgan fingerprint density at radius 2 is 2.08 bits per heavy atom. The molecule has 0 bridgehead atoms. The molecule has 2 aromatic heterocycles. The van der Waals surface area contributed by atoms with E-state index < -0.39 is 5.97 Å². The van der Waals surface area contributed by atoms with Crippen LogP contribution in [0.15, 0.2) is 23.8 Å². The summed E-state index contributed by atoms with van der Waals surface area (Å²) in [4.78, 5) is 38.0. The molecular weight excluding hydrogens is 328 g/mol. The summed E-state index contributed by atoms with van der Waals surface area (Å²) in [5, 5.41) is 11.2. The van der Waals surface area contributed by atoms with E-state index in [4.69, 9.17) is 5.11 Å². The van der Waals surface area contributed by atoms with Gasteiger partial charge in [-0.05, 0) is 31.7 Å². The molecule has 1 N–H and O–H groups in total. The van der Waals surface area contributed by atoms with E-state index in [1.54, 1.807) is 28.7 Å². The monoisotopic (exact) mass is 346 g/mol. The molecule has 1 unspecified atom stereocenters. The van der Waals surface area contributed by atoms with Crippen LogP contribution in [0.5, 0.6) is 0 Å². The van der Waals surface area contributed by atoms with Crippen LogP contribution in [0.3, 0.4) is 0 Å². The minimum Gasteiger partial charge on any atom is -0.481 e. The van der Waals surface area contributed by atoms with Crippen molar-refractivity contribution in [3.05, 3.63) is 29.5 Å². The standard InChI is InChI=1S/C16H18N4O3S/c21-13(22)6-5-11-4-1-2-9-20(11)16(23)12-10-24-15(19-12)14-17-7-3-8-18-14/h3,7-8,10-11H,1-2,4-6,9H2,(H,21,22). The van der Waals surface area contributed by atoms with Gasteiger partial charge in [0.15, 0.2) is 10.8 Å². The van der Waals surface area contributed by atoms with Crippen LogP contribution in [-0.4, -0.2) is 49.4 Å². The number of carboxylic acids is 1. The lowest BCUT2D eigenvalue weighted by atomic mass is 9.97. The Hall–Kier alpha value is -2.35. The fourth-order valence-electron chi connectivity index (χ4n) is 2.89. The van der Waals surface area contributed by atoms with E-state index in [1.165, 1.54) is 11.3 Å². The van der Waals surface area contributed by atoms with Crippen LogP contribution < -0.4 is 0 Å². The predicted molar refractivity (Wildman–Crippen MR) is 88.7 cm³/mol. The van der Waals surface area contributed by atoms with Crippen molar-refractivity contribution in [1.29, 1.82) is 0 Å². The molecule has 126 valence electrons. The molecule has 3 rings (SSSR count). The highest BCUT2D eigenvalue weighted by atomic mass is 32.1. The molecular formula is C16H18N4O3S. The molecule has 1 aliphatic rings. The van der Waals surface area contributed by atoms with Crippen molar-refractivity contribution in [2.75, 3.05) is 6.54 Å². The fourth-order valence-corrected chi connectivity index (χ4v) is 3.63. The number of nitrogens with zero attached hydrogens (tertiary/aromatic N) is 4. The second-order valence-corrected chi connectivity index (χ2v) is 6.55. The number of carbonyl (C=O) groups is 2. The molecule has 3 heterocycles. The summed E-state index contributed by atoms with van der Waals surface area (Å²) in [6.45, 7) is 0.651. The molecule has 1 amide bonds. The van der Waals surface area contributed by atoms with Crippen molar-refractivity contribution >= 4 is 23.2 Å². The highest BCUT2D eigenvalue weighted by Crippen LogP contribution is 2.25. The van der Waals surface area contributed by atoms with Gasteiger partial charge in [0, 0.05) is 36.8 Å². The number of thiazole rings is 1. The SMILES string of the molecule is O=C(O)CCC1CCCCN1C(=O)c1csc(-c2ncccn2)n1. The zero-order chi connectivity index (χ0) is 16.9. The molecule has 0 spiro atoms. The molecule has 0 aromatic carbocycles.